The van der Waals surface area contributed by atoms with Gasteiger partial charge in [-0.1, -0.05) is 0 Å². The Morgan fingerprint density at radius 1 is 1.24 bits per heavy atom. The van der Waals surface area contributed by atoms with Crippen molar-refractivity contribution in [3.63, 3.8) is 0 Å². The molecule has 3 nitrogen and oxygen atoms in total. The first kappa shape index (κ1) is 15.5. The summed E-state index contributed by atoms with van der Waals surface area (Å²) < 4.78 is 24.5. The van der Waals surface area contributed by atoms with Crippen LogP contribution in [0.25, 0.3) is 0 Å². The molecule has 0 aliphatic carbocycles. The molecular formula is C16H14BrFO3. The number of carbonyl (C=O) groups excluding carboxylic acids is 1. The van der Waals surface area contributed by atoms with Crippen molar-refractivity contribution >= 4 is 21.7 Å². The molecule has 0 fully saturated rings. The van der Waals surface area contributed by atoms with Crippen molar-refractivity contribution in [1.29, 1.82) is 0 Å². The van der Waals surface area contributed by atoms with E-state index in [1.807, 2.05) is 6.92 Å². The Hall–Kier alpha value is -1.88. The third kappa shape index (κ3) is 3.42. The topological polar surface area (TPSA) is 35.5 Å². The average molecular weight is 353 g/mol. The van der Waals surface area contributed by atoms with Gasteiger partial charge in [0, 0.05) is 15.6 Å². The predicted octanol–water partition coefficient (Wildman–Crippen LogP) is 4.23. The van der Waals surface area contributed by atoms with Crippen LogP contribution in [-0.2, 0) is 0 Å². The summed E-state index contributed by atoms with van der Waals surface area (Å²) in [6, 6.07) is 9.22. The second-order valence-electron chi connectivity index (χ2n) is 4.25. The number of benzene rings is 2. The van der Waals surface area contributed by atoms with Crippen molar-refractivity contribution in [3.05, 3.63) is 57.8 Å². The molecule has 0 bridgehead atoms. The van der Waals surface area contributed by atoms with Crippen molar-refractivity contribution in [3.8, 4) is 11.5 Å². The molecule has 2 aromatic carbocycles. The van der Waals surface area contributed by atoms with Crippen LogP contribution >= 0.6 is 15.9 Å². The largest absolute Gasteiger partial charge is 0.494 e. The van der Waals surface area contributed by atoms with Crippen molar-refractivity contribution in [2.75, 3.05) is 13.7 Å². The minimum Gasteiger partial charge on any atom is -0.494 e. The molecule has 110 valence electrons. The molecule has 5 heteroatoms. The van der Waals surface area contributed by atoms with Gasteiger partial charge in [-0.3, -0.25) is 4.79 Å². The quantitative estimate of drug-likeness (QED) is 0.755. The molecule has 0 saturated heterocycles. The third-order valence-corrected chi connectivity index (χ3v) is 3.57. The van der Waals surface area contributed by atoms with Crippen LogP contribution in [-0.4, -0.2) is 19.5 Å². The molecule has 2 rings (SSSR count). The first-order chi connectivity index (χ1) is 10.1. The fourth-order valence-electron chi connectivity index (χ4n) is 1.90. The lowest BCUT2D eigenvalue weighted by Gasteiger charge is -2.08. The zero-order valence-electron chi connectivity index (χ0n) is 11.7. The fraction of sp³-hybridized carbons (Fsp3) is 0.188. The van der Waals surface area contributed by atoms with Gasteiger partial charge in [0.2, 0.25) is 0 Å². The maximum atomic E-state index is 13.7. The maximum Gasteiger partial charge on any atom is 0.194 e. The van der Waals surface area contributed by atoms with Gasteiger partial charge in [0.1, 0.15) is 5.75 Å². The fourth-order valence-corrected chi connectivity index (χ4v) is 2.44. The molecule has 0 unspecified atom stereocenters. The Morgan fingerprint density at radius 3 is 2.57 bits per heavy atom. The Morgan fingerprint density at radius 2 is 2.00 bits per heavy atom. The highest BCUT2D eigenvalue weighted by Gasteiger charge is 2.15. The molecule has 0 spiro atoms. The molecule has 2 aromatic rings. The van der Waals surface area contributed by atoms with Crippen molar-refractivity contribution in [2.45, 2.75) is 6.92 Å². The van der Waals surface area contributed by atoms with Crippen LogP contribution in [0.1, 0.15) is 22.8 Å². The van der Waals surface area contributed by atoms with E-state index < -0.39 is 5.82 Å². The zero-order valence-corrected chi connectivity index (χ0v) is 13.2. The van der Waals surface area contributed by atoms with E-state index in [2.05, 4.69) is 15.9 Å². The first-order valence-electron chi connectivity index (χ1n) is 6.37. The average Bonchev–Trinajstić information content (AvgIpc) is 2.47. The highest BCUT2D eigenvalue weighted by Crippen LogP contribution is 2.26. The molecule has 0 aliphatic rings. The summed E-state index contributed by atoms with van der Waals surface area (Å²) in [5.74, 6) is -0.0592. The number of halogens is 2. The van der Waals surface area contributed by atoms with Crippen LogP contribution in [0.4, 0.5) is 4.39 Å². The number of ketones is 1. The summed E-state index contributed by atoms with van der Waals surface area (Å²) in [7, 11) is 1.38. The number of rotatable bonds is 5. The summed E-state index contributed by atoms with van der Waals surface area (Å²) in [6.07, 6.45) is 0. The van der Waals surface area contributed by atoms with Crippen molar-refractivity contribution < 1.29 is 18.7 Å². The van der Waals surface area contributed by atoms with E-state index in [0.717, 1.165) is 0 Å². The minimum atomic E-state index is -0.564. The van der Waals surface area contributed by atoms with Gasteiger partial charge in [-0.05, 0) is 59.3 Å². The molecule has 0 radical (unpaired) electrons. The van der Waals surface area contributed by atoms with Crippen LogP contribution in [0.15, 0.2) is 40.9 Å². The van der Waals surface area contributed by atoms with Crippen LogP contribution in [0.3, 0.4) is 0 Å². The van der Waals surface area contributed by atoms with Gasteiger partial charge in [-0.2, -0.15) is 0 Å². The Balaban J connectivity index is 2.33. The minimum absolute atomic E-state index is 0.109. The highest BCUT2D eigenvalue weighted by atomic mass is 79.9. The van der Waals surface area contributed by atoms with Crippen LogP contribution in [0.5, 0.6) is 11.5 Å². The summed E-state index contributed by atoms with van der Waals surface area (Å²) >= 11 is 3.34. The molecule has 0 atom stereocenters. The smallest absolute Gasteiger partial charge is 0.194 e. The molecule has 0 N–H and O–H groups in total. The Labute approximate surface area is 130 Å². The van der Waals surface area contributed by atoms with Gasteiger partial charge in [0.15, 0.2) is 17.3 Å². The number of ether oxygens (including phenoxy) is 2. The van der Waals surface area contributed by atoms with Gasteiger partial charge >= 0.3 is 0 Å². The maximum absolute atomic E-state index is 13.7. The van der Waals surface area contributed by atoms with E-state index in [1.165, 1.54) is 25.3 Å². The Bertz CT molecular complexity index is 671. The normalized spacial score (nSPS) is 10.3. The number of carbonyl (C=O) groups is 1. The van der Waals surface area contributed by atoms with Crippen LogP contribution in [0.2, 0.25) is 0 Å². The molecule has 21 heavy (non-hydrogen) atoms. The summed E-state index contributed by atoms with van der Waals surface area (Å²) in [4.78, 5) is 12.4. The zero-order chi connectivity index (χ0) is 15.4. The van der Waals surface area contributed by atoms with Crippen LogP contribution in [0, 0.1) is 5.82 Å². The van der Waals surface area contributed by atoms with Gasteiger partial charge in [-0.25, -0.2) is 4.39 Å². The molecule has 0 saturated carbocycles. The first-order valence-corrected chi connectivity index (χ1v) is 7.16. The lowest BCUT2D eigenvalue weighted by molar-refractivity contribution is 0.103. The van der Waals surface area contributed by atoms with E-state index in [-0.39, 0.29) is 17.1 Å². The summed E-state index contributed by atoms with van der Waals surface area (Å²) in [6.45, 7) is 2.43. The van der Waals surface area contributed by atoms with E-state index in [1.54, 1.807) is 18.2 Å². The molecule has 0 aromatic heterocycles. The number of hydrogen-bond donors (Lipinski definition) is 0. The molecule has 0 amide bonds. The van der Waals surface area contributed by atoms with Crippen molar-refractivity contribution in [2.24, 2.45) is 0 Å². The second-order valence-corrected chi connectivity index (χ2v) is 5.11. The van der Waals surface area contributed by atoms with E-state index in [0.29, 0.717) is 22.4 Å². The van der Waals surface area contributed by atoms with Gasteiger partial charge in [-0.15, -0.1) is 0 Å². The highest BCUT2D eigenvalue weighted by molar-refractivity contribution is 9.10. The van der Waals surface area contributed by atoms with E-state index >= 15 is 0 Å². The van der Waals surface area contributed by atoms with Crippen molar-refractivity contribution in [1.82, 2.24) is 0 Å². The van der Waals surface area contributed by atoms with Gasteiger partial charge in [0.25, 0.3) is 0 Å². The van der Waals surface area contributed by atoms with Crippen LogP contribution < -0.4 is 9.47 Å². The van der Waals surface area contributed by atoms with E-state index in [4.69, 9.17) is 9.47 Å². The SMILES string of the molecule is CCOc1ccc(C(=O)c2ccc(OC)c(F)c2)c(Br)c1. The van der Waals surface area contributed by atoms with Gasteiger partial charge < -0.3 is 9.47 Å². The lowest BCUT2D eigenvalue weighted by Crippen LogP contribution is -2.04. The standard InChI is InChI=1S/C16H14BrFO3/c1-3-21-11-5-6-12(13(17)9-11)16(19)10-4-7-15(20-2)14(18)8-10/h4-9H,3H2,1-2H3. The summed E-state index contributed by atoms with van der Waals surface area (Å²) in [5.41, 5.74) is 0.709. The number of methoxy groups -OCH3 is 1. The monoisotopic (exact) mass is 352 g/mol. The third-order valence-electron chi connectivity index (χ3n) is 2.91. The second kappa shape index (κ2) is 6.72. The summed E-state index contributed by atoms with van der Waals surface area (Å²) in [5, 5.41) is 0. The molecule has 0 aliphatic heterocycles. The Kier molecular flexibility index (Phi) is 4.96. The van der Waals surface area contributed by atoms with Gasteiger partial charge in [0.05, 0.1) is 13.7 Å². The number of hydrogen-bond acceptors (Lipinski definition) is 3. The predicted molar refractivity (Wildman–Crippen MR) is 81.7 cm³/mol. The molecule has 0 heterocycles. The lowest BCUT2D eigenvalue weighted by atomic mass is 10.0. The molecular weight excluding hydrogens is 339 g/mol. The van der Waals surface area contributed by atoms with E-state index in [9.17, 15) is 9.18 Å².